The first-order chi connectivity index (χ1) is 11.8. The Morgan fingerprint density at radius 3 is 2.79 bits per heavy atom. The van der Waals surface area contributed by atoms with Crippen LogP contribution in [-0.2, 0) is 6.54 Å². The van der Waals surface area contributed by atoms with Crippen LogP contribution in [0.3, 0.4) is 0 Å². The highest BCUT2D eigenvalue weighted by Gasteiger charge is 2.26. The SMILES string of the molecule is CC[C@H](C)Nc1ncccc1[C@H]1CCCCN1Cc1ccccc1. The summed E-state index contributed by atoms with van der Waals surface area (Å²) in [7, 11) is 0. The van der Waals surface area contributed by atoms with E-state index in [0.29, 0.717) is 12.1 Å². The lowest BCUT2D eigenvalue weighted by Gasteiger charge is -2.37. The number of pyridine rings is 1. The molecule has 1 aliphatic heterocycles. The van der Waals surface area contributed by atoms with Crippen molar-refractivity contribution in [2.45, 2.75) is 58.2 Å². The highest BCUT2D eigenvalue weighted by Crippen LogP contribution is 2.35. The third-order valence-corrected chi connectivity index (χ3v) is 5.04. The van der Waals surface area contributed by atoms with Crippen LogP contribution in [0.4, 0.5) is 5.82 Å². The second kappa shape index (κ2) is 8.29. The summed E-state index contributed by atoms with van der Waals surface area (Å²) < 4.78 is 0. The van der Waals surface area contributed by atoms with E-state index >= 15 is 0 Å². The predicted octanol–water partition coefficient (Wildman–Crippen LogP) is 5.02. The van der Waals surface area contributed by atoms with E-state index in [1.165, 1.54) is 30.4 Å². The van der Waals surface area contributed by atoms with Crippen LogP contribution < -0.4 is 5.32 Å². The van der Waals surface area contributed by atoms with Crippen LogP contribution in [0.2, 0.25) is 0 Å². The first kappa shape index (κ1) is 17.0. The molecule has 24 heavy (non-hydrogen) atoms. The molecular formula is C21H29N3. The lowest BCUT2D eigenvalue weighted by Crippen LogP contribution is -2.33. The van der Waals surface area contributed by atoms with Gasteiger partial charge in [0.2, 0.25) is 0 Å². The smallest absolute Gasteiger partial charge is 0.130 e. The van der Waals surface area contributed by atoms with Crippen molar-refractivity contribution < 1.29 is 0 Å². The molecule has 1 N–H and O–H groups in total. The van der Waals surface area contributed by atoms with Gasteiger partial charge in [-0.15, -0.1) is 0 Å². The van der Waals surface area contributed by atoms with Crippen molar-refractivity contribution in [3.8, 4) is 0 Å². The van der Waals surface area contributed by atoms with E-state index in [1.807, 2.05) is 6.20 Å². The molecule has 0 saturated carbocycles. The quantitative estimate of drug-likeness (QED) is 0.809. The van der Waals surface area contributed by atoms with Crippen LogP contribution in [0.1, 0.15) is 56.7 Å². The van der Waals surface area contributed by atoms with Crippen LogP contribution in [0.5, 0.6) is 0 Å². The van der Waals surface area contributed by atoms with Crippen molar-refractivity contribution >= 4 is 5.82 Å². The topological polar surface area (TPSA) is 28.2 Å². The van der Waals surface area contributed by atoms with Crippen LogP contribution >= 0.6 is 0 Å². The number of nitrogens with one attached hydrogen (secondary N) is 1. The molecule has 1 aliphatic rings. The number of likely N-dealkylation sites (tertiary alicyclic amines) is 1. The zero-order chi connectivity index (χ0) is 16.8. The maximum Gasteiger partial charge on any atom is 0.130 e. The molecular weight excluding hydrogens is 294 g/mol. The minimum absolute atomic E-state index is 0.449. The fraction of sp³-hybridized carbons (Fsp3) is 0.476. The van der Waals surface area contributed by atoms with Crippen molar-refractivity contribution in [3.63, 3.8) is 0 Å². The van der Waals surface area contributed by atoms with Gasteiger partial charge in [0.15, 0.2) is 0 Å². The van der Waals surface area contributed by atoms with E-state index in [-0.39, 0.29) is 0 Å². The fourth-order valence-electron chi connectivity index (χ4n) is 3.49. The monoisotopic (exact) mass is 323 g/mol. The standard InChI is InChI=1S/C21H29N3/c1-3-17(2)23-21-19(12-9-14-22-21)20-13-7-8-15-24(20)16-18-10-5-4-6-11-18/h4-6,9-12,14,17,20H,3,7-8,13,15-16H2,1-2H3,(H,22,23)/t17-,20+/m0/s1. The summed E-state index contributed by atoms with van der Waals surface area (Å²) in [6, 6.07) is 16.1. The average molecular weight is 323 g/mol. The minimum Gasteiger partial charge on any atom is -0.367 e. The summed E-state index contributed by atoms with van der Waals surface area (Å²) in [5.74, 6) is 1.07. The lowest BCUT2D eigenvalue weighted by atomic mass is 9.94. The van der Waals surface area contributed by atoms with Crippen LogP contribution in [0.25, 0.3) is 0 Å². The van der Waals surface area contributed by atoms with Gasteiger partial charge in [0.05, 0.1) is 0 Å². The van der Waals surface area contributed by atoms with Gasteiger partial charge in [-0.2, -0.15) is 0 Å². The van der Waals surface area contributed by atoms with E-state index < -0.39 is 0 Å². The molecule has 3 nitrogen and oxygen atoms in total. The maximum absolute atomic E-state index is 4.65. The average Bonchev–Trinajstić information content (AvgIpc) is 2.63. The number of aromatic nitrogens is 1. The zero-order valence-corrected chi connectivity index (χ0v) is 14.9. The molecule has 0 amide bonds. The van der Waals surface area contributed by atoms with E-state index in [4.69, 9.17) is 0 Å². The van der Waals surface area contributed by atoms with Crippen molar-refractivity contribution in [3.05, 3.63) is 59.8 Å². The Morgan fingerprint density at radius 2 is 2.00 bits per heavy atom. The molecule has 2 aromatic rings. The molecule has 3 rings (SSSR count). The van der Waals surface area contributed by atoms with Gasteiger partial charge in [-0.25, -0.2) is 4.98 Å². The summed E-state index contributed by atoms with van der Waals surface area (Å²) in [6.45, 7) is 6.62. The van der Waals surface area contributed by atoms with Gasteiger partial charge in [-0.1, -0.05) is 49.7 Å². The lowest BCUT2D eigenvalue weighted by molar-refractivity contribution is 0.140. The Bertz CT molecular complexity index is 626. The normalized spacial score (nSPS) is 19.8. The van der Waals surface area contributed by atoms with Crippen LogP contribution in [0.15, 0.2) is 48.7 Å². The summed E-state index contributed by atoms with van der Waals surface area (Å²) in [6.07, 6.45) is 6.81. The Balaban J connectivity index is 1.83. The Kier molecular flexibility index (Phi) is 5.86. The molecule has 1 saturated heterocycles. The van der Waals surface area contributed by atoms with E-state index in [2.05, 4.69) is 71.5 Å². The first-order valence-electron chi connectivity index (χ1n) is 9.27. The van der Waals surface area contributed by atoms with Crippen molar-refractivity contribution in [1.29, 1.82) is 0 Å². The Hall–Kier alpha value is -1.87. The van der Waals surface area contributed by atoms with Gasteiger partial charge >= 0.3 is 0 Å². The number of benzene rings is 1. The summed E-state index contributed by atoms with van der Waals surface area (Å²) in [5, 5.41) is 3.60. The molecule has 1 aromatic heterocycles. The largest absolute Gasteiger partial charge is 0.367 e. The third kappa shape index (κ3) is 4.15. The number of hydrogen-bond donors (Lipinski definition) is 1. The molecule has 1 aromatic carbocycles. The van der Waals surface area contributed by atoms with Crippen molar-refractivity contribution in [2.75, 3.05) is 11.9 Å². The molecule has 0 aliphatic carbocycles. The molecule has 2 heterocycles. The highest BCUT2D eigenvalue weighted by atomic mass is 15.2. The van der Waals surface area contributed by atoms with Gasteiger partial charge in [-0.05, 0) is 44.4 Å². The number of nitrogens with zero attached hydrogens (tertiary/aromatic N) is 2. The zero-order valence-electron chi connectivity index (χ0n) is 14.9. The van der Waals surface area contributed by atoms with Crippen LogP contribution in [-0.4, -0.2) is 22.5 Å². The molecule has 128 valence electrons. The van der Waals surface area contributed by atoms with Crippen molar-refractivity contribution in [1.82, 2.24) is 9.88 Å². The number of anilines is 1. The van der Waals surface area contributed by atoms with E-state index in [0.717, 1.165) is 25.3 Å². The third-order valence-electron chi connectivity index (χ3n) is 5.04. The van der Waals surface area contributed by atoms with Gasteiger partial charge < -0.3 is 5.32 Å². The fourth-order valence-corrected chi connectivity index (χ4v) is 3.49. The first-order valence-corrected chi connectivity index (χ1v) is 9.27. The van der Waals surface area contributed by atoms with Gasteiger partial charge in [0.1, 0.15) is 5.82 Å². The number of piperidine rings is 1. The maximum atomic E-state index is 4.65. The molecule has 0 radical (unpaired) electrons. The number of rotatable bonds is 6. The number of hydrogen-bond acceptors (Lipinski definition) is 3. The molecule has 2 atom stereocenters. The second-order valence-electron chi connectivity index (χ2n) is 6.86. The van der Waals surface area contributed by atoms with Gasteiger partial charge in [0.25, 0.3) is 0 Å². The summed E-state index contributed by atoms with van der Waals surface area (Å²) in [4.78, 5) is 7.27. The molecule has 0 bridgehead atoms. The summed E-state index contributed by atoms with van der Waals surface area (Å²) >= 11 is 0. The molecule has 1 fully saturated rings. The highest BCUT2D eigenvalue weighted by molar-refractivity contribution is 5.46. The minimum atomic E-state index is 0.449. The predicted molar refractivity (Wildman–Crippen MR) is 101 cm³/mol. The molecule has 0 unspecified atom stereocenters. The van der Waals surface area contributed by atoms with Crippen molar-refractivity contribution in [2.24, 2.45) is 0 Å². The molecule has 3 heteroatoms. The molecule has 0 spiro atoms. The van der Waals surface area contributed by atoms with Gasteiger partial charge in [-0.3, -0.25) is 4.90 Å². The van der Waals surface area contributed by atoms with E-state index in [9.17, 15) is 0 Å². The van der Waals surface area contributed by atoms with E-state index in [1.54, 1.807) is 0 Å². The summed E-state index contributed by atoms with van der Waals surface area (Å²) in [5.41, 5.74) is 2.75. The van der Waals surface area contributed by atoms with Gasteiger partial charge in [0, 0.05) is 30.4 Å². The Morgan fingerprint density at radius 1 is 1.17 bits per heavy atom. The second-order valence-corrected chi connectivity index (χ2v) is 6.86. The van der Waals surface area contributed by atoms with Crippen LogP contribution in [0, 0.1) is 0 Å². The Labute approximate surface area is 146 Å².